The van der Waals surface area contributed by atoms with E-state index in [0.29, 0.717) is 36.0 Å². The Bertz CT molecular complexity index is 838. The molecule has 2 amide bonds. The number of benzene rings is 1. The molecule has 1 aliphatic rings. The summed E-state index contributed by atoms with van der Waals surface area (Å²) < 4.78 is 1.41. The molecule has 0 radical (unpaired) electrons. The van der Waals surface area contributed by atoms with Gasteiger partial charge in [-0.2, -0.15) is 0 Å². The maximum Gasteiger partial charge on any atom is 0.262 e. The highest BCUT2D eigenvalue weighted by molar-refractivity contribution is 5.98. The number of carbonyl (C=O) groups is 2. The van der Waals surface area contributed by atoms with E-state index in [0.717, 1.165) is 5.56 Å². The summed E-state index contributed by atoms with van der Waals surface area (Å²) in [4.78, 5) is 40.9. The van der Waals surface area contributed by atoms with Crippen molar-refractivity contribution in [1.29, 1.82) is 0 Å². The van der Waals surface area contributed by atoms with Gasteiger partial charge in [-0.15, -0.1) is 0 Å². The molecule has 0 bridgehead atoms. The van der Waals surface area contributed by atoms with E-state index >= 15 is 0 Å². The van der Waals surface area contributed by atoms with Crippen LogP contribution in [-0.2, 0) is 9.59 Å². The highest BCUT2D eigenvalue weighted by Crippen LogP contribution is 2.20. The SMILES string of the molecule is Cc1ccc2c(=O)n(C3CCCC(=O)NC3=O)c(C)nc2c1. The van der Waals surface area contributed by atoms with Gasteiger partial charge in [0.1, 0.15) is 11.9 Å². The molecular weight excluding hydrogens is 282 g/mol. The first-order valence-corrected chi connectivity index (χ1v) is 7.30. The molecule has 6 heteroatoms. The van der Waals surface area contributed by atoms with Crippen LogP contribution in [0.25, 0.3) is 10.9 Å². The smallest absolute Gasteiger partial charge is 0.262 e. The highest BCUT2D eigenvalue weighted by atomic mass is 16.2. The average Bonchev–Trinajstić information content (AvgIpc) is 2.60. The second kappa shape index (κ2) is 5.36. The fourth-order valence-corrected chi connectivity index (χ4v) is 2.90. The molecule has 2 aromatic rings. The number of aromatic nitrogens is 2. The zero-order chi connectivity index (χ0) is 15.9. The molecule has 1 unspecified atom stereocenters. The number of carbonyl (C=O) groups excluding carboxylic acids is 2. The van der Waals surface area contributed by atoms with Crippen LogP contribution in [0.3, 0.4) is 0 Å². The Kier molecular flexibility index (Phi) is 3.52. The summed E-state index contributed by atoms with van der Waals surface area (Å²) in [6.45, 7) is 3.65. The van der Waals surface area contributed by atoms with Crippen LogP contribution in [-0.4, -0.2) is 21.4 Å². The van der Waals surface area contributed by atoms with Crippen molar-refractivity contribution in [2.24, 2.45) is 0 Å². The normalized spacial score (nSPS) is 19.1. The van der Waals surface area contributed by atoms with E-state index in [1.807, 2.05) is 19.1 Å². The van der Waals surface area contributed by atoms with Crippen LogP contribution < -0.4 is 10.9 Å². The quantitative estimate of drug-likeness (QED) is 0.807. The first kappa shape index (κ1) is 14.4. The number of hydrogen-bond acceptors (Lipinski definition) is 4. The fraction of sp³-hybridized carbons (Fsp3) is 0.375. The molecule has 1 aromatic carbocycles. The predicted octanol–water partition coefficient (Wildman–Crippen LogP) is 1.38. The molecule has 3 rings (SSSR count). The Balaban J connectivity index is 2.18. The molecule has 1 fully saturated rings. The lowest BCUT2D eigenvalue weighted by Gasteiger charge is -2.19. The molecule has 0 aliphatic carbocycles. The van der Waals surface area contributed by atoms with E-state index in [-0.39, 0.29) is 11.5 Å². The molecule has 22 heavy (non-hydrogen) atoms. The van der Waals surface area contributed by atoms with Gasteiger partial charge in [-0.05, 0) is 44.4 Å². The lowest BCUT2D eigenvalue weighted by Crippen LogP contribution is -2.39. The summed E-state index contributed by atoms with van der Waals surface area (Å²) in [5, 5.41) is 2.82. The topological polar surface area (TPSA) is 81.1 Å². The zero-order valence-electron chi connectivity index (χ0n) is 12.5. The molecule has 0 saturated carbocycles. The van der Waals surface area contributed by atoms with Crippen molar-refractivity contribution in [2.75, 3.05) is 0 Å². The van der Waals surface area contributed by atoms with Gasteiger partial charge in [0.2, 0.25) is 11.8 Å². The second-order valence-corrected chi connectivity index (χ2v) is 5.68. The minimum absolute atomic E-state index is 0.239. The molecule has 1 atom stereocenters. The van der Waals surface area contributed by atoms with Gasteiger partial charge in [0, 0.05) is 6.42 Å². The first-order valence-electron chi connectivity index (χ1n) is 7.30. The molecule has 2 heterocycles. The van der Waals surface area contributed by atoms with Crippen LogP contribution in [0.4, 0.5) is 0 Å². The standard InChI is InChI=1S/C16H17N3O3/c1-9-6-7-11-12(8-9)17-10(2)19(16(11)22)13-4-3-5-14(20)18-15(13)21/h6-8,13H,3-5H2,1-2H3,(H,18,20,21). The van der Waals surface area contributed by atoms with Crippen molar-refractivity contribution in [3.05, 3.63) is 39.9 Å². The third-order valence-corrected chi connectivity index (χ3v) is 3.99. The number of hydrogen-bond donors (Lipinski definition) is 1. The maximum absolute atomic E-state index is 12.8. The lowest BCUT2D eigenvalue weighted by molar-refractivity contribution is -0.131. The molecular formula is C16H17N3O3. The van der Waals surface area contributed by atoms with Crippen molar-refractivity contribution in [1.82, 2.24) is 14.9 Å². The third kappa shape index (κ3) is 2.41. The number of nitrogens with zero attached hydrogens (tertiary/aromatic N) is 2. The van der Waals surface area contributed by atoms with E-state index in [1.165, 1.54) is 4.57 Å². The molecule has 6 nitrogen and oxygen atoms in total. The number of imide groups is 1. The summed E-state index contributed by atoms with van der Waals surface area (Å²) in [7, 11) is 0. The van der Waals surface area contributed by atoms with Crippen LogP contribution in [0.5, 0.6) is 0 Å². The van der Waals surface area contributed by atoms with Crippen molar-refractivity contribution in [2.45, 2.75) is 39.2 Å². The zero-order valence-corrected chi connectivity index (χ0v) is 12.5. The molecule has 1 aliphatic heterocycles. The summed E-state index contributed by atoms with van der Waals surface area (Å²) in [6.07, 6.45) is 1.33. The minimum atomic E-state index is -0.683. The van der Waals surface area contributed by atoms with E-state index in [1.54, 1.807) is 13.0 Å². The van der Waals surface area contributed by atoms with Gasteiger partial charge in [0.15, 0.2) is 0 Å². The van der Waals surface area contributed by atoms with Crippen LogP contribution in [0.15, 0.2) is 23.0 Å². The van der Waals surface area contributed by atoms with Crippen LogP contribution in [0, 0.1) is 13.8 Å². The summed E-state index contributed by atoms with van der Waals surface area (Å²) in [6, 6.07) is 4.75. The number of aryl methyl sites for hydroxylation is 2. The van der Waals surface area contributed by atoms with Gasteiger partial charge in [0.25, 0.3) is 5.56 Å². The van der Waals surface area contributed by atoms with Gasteiger partial charge in [-0.25, -0.2) is 4.98 Å². The Morgan fingerprint density at radius 3 is 2.77 bits per heavy atom. The largest absolute Gasteiger partial charge is 0.295 e. The van der Waals surface area contributed by atoms with E-state index in [4.69, 9.17) is 0 Å². The number of nitrogens with one attached hydrogen (secondary N) is 1. The van der Waals surface area contributed by atoms with Crippen LogP contribution >= 0.6 is 0 Å². The molecule has 1 saturated heterocycles. The summed E-state index contributed by atoms with van der Waals surface area (Å²) in [5.41, 5.74) is 1.41. The van der Waals surface area contributed by atoms with E-state index in [9.17, 15) is 14.4 Å². The average molecular weight is 299 g/mol. The van der Waals surface area contributed by atoms with Crippen molar-refractivity contribution >= 4 is 22.7 Å². The molecule has 1 aromatic heterocycles. The molecule has 0 spiro atoms. The van der Waals surface area contributed by atoms with Gasteiger partial charge >= 0.3 is 0 Å². The van der Waals surface area contributed by atoms with Gasteiger partial charge in [-0.3, -0.25) is 24.3 Å². The van der Waals surface area contributed by atoms with E-state index in [2.05, 4.69) is 10.3 Å². The Morgan fingerprint density at radius 1 is 1.23 bits per heavy atom. The van der Waals surface area contributed by atoms with Crippen LogP contribution in [0.2, 0.25) is 0 Å². The summed E-state index contributed by atoms with van der Waals surface area (Å²) in [5.74, 6) is -0.235. The highest BCUT2D eigenvalue weighted by Gasteiger charge is 2.28. The Hall–Kier alpha value is -2.50. The lowest BCUT2D eigenvalue weighted by atomic mass is 10.1. The molecule has 114 valence electrons. The van der Waals surface area contributed by atoms with Gasteiger partial charge < -0.3 is 0 Å². The van der Waals surface area contributed by atoms with E-state index < -0.39 is 11.9 Å². The third-order valence-electron chi connectivity index (χ3n) is 3.99. The summed E-state index contributed by atoms with van der Waals surface area (Å²) >= 11 is 0. The van der Waals surface area contributed by atoms with Crippen molar-refractivity contribution in [3.8, 4) is 0 Å². The number of amides is 2. The maximum atomic E-state index is 12.8. The first-order chi connectivity index (χ1) is 10.5. The molecule has 1 N–H and O–H groups in total. The van der Waals surface area contributed by atoms with Gasteiger partial charge in [-0.1, -0.05) is 6.07 Å². The Morgan fingerprint density at radius 2 is 2.00 bits per heavy atom. The Labute approximate surface area is 127 Å². The van der Waals surface area contributed by atoms with Crippen LogP contribution in [0.1, 0.15) is 36.7 Å². The predicted molar refractivity (Wildman–Crippen MR) is 81.5 cm³/mol. The van der Waals surface area contributed by atoms with Crippen molar-refractivity contribution < 1.29 is 9.59 Å². The fourth-order valence-electron chi connectivity index (χ4n) is 2.90. The number of fused-ring (bicyclic) bond motifs is 1. The monoisotopic (exact) mass is 299 g/mol. The second-order valence-electron chi connectivity index (χ2n) is 5.68. The number of rotatable bonds is 1. The van der Waals surface area contributed by atoms with Gasteiger partial charge in [0.05, 0.1) is 10.9 Å². The minimum Gasteiger partial charge on any atom is -0.295 e. The van der Waals surface area contributed by atoms with Crippen molar-refractivity contribution in [3.63, 3.8) is 0 Å².